The van der Waals surface area contributed by atoms with E-state index in [-0.39, 0.29) is 24.1 Å². The van der Waals surface area contributed by atoms with Crippen molar-refractivity contribution in [3.05, 3.63) is 90.1 Å². The van der Waals surface area contributed by atoms with Crippen molar-refractivity contribution in [2.24, 2.45) is 0 Å². The van der Waals surface area contributed by atoms with Crippen molar-refractivity contribution in [2.75, 3.05) is 11.1 Å². The molecular weight excluding hydrogens is 468 g/mol. The van der Waals surface area contributed by atoms with Crippen LogP contribution in [0.3, 0.4) is 0 Å². The summed E-state index contributed by atoms with van der Waals surface area (Å²) in [7, 11) is 0. The summed E-state index contributed by atoms with van der Waals surface area (Å²) < 4.78 is 1.83. The number of aromatic nitrogens is 4. The van der Waals surface area contributed by atoms with Gasteiger partial charge in [0.2, 0.25) is 5.91 Å². The van der Waals surface area contributed by atoms with E-state index in [9.17, 15) is 9.59 Å². The second-order valence-electron chi connectivity index (χ2n) is 7.09. The van der Waals surface area contributed by atoms with Crippen molar-refractivity contribution in [1.82, 2.24) is 25.1 Å². The van der Waals surface area contributed by atoms with Crippen molar-refractivity contribution in [1.29, 1.82) is 0 Å². The van der Waals surface area contributed by atoms with Crippen LogP contribution in [0, 0.1) is 0 Å². The molecule has 4 rings (SSSR count). The molecule has 0 aliphatic heterocycles. The van der Waals surface area contributed by atoms with Crippen LogP contribution in [0.15, 0.2) is 83.9 Å². The van der Waals surface area contributed by atoms with Gasteiger partial charge in [-0.2, -0.15) is 0 Å². The molecule has 172 valence electrons. The van der Waals surface area contributed by atoms with Gasteiger partial charge in [0.25, 0.3) is 5.91 Å². The molecule has 0 radical (unpaired) electrons. The zero-order valence-electron chi connectivity index (χ0n) is 18.2. The molecule has 0 unspecified atom stereocenters. The van der Waals surface area contributed by atoms with Crippen molar-refractivity contribution in [3.63, 3.8) is 0 Å². The van der Waals surface area contributed by atoms with Crippen LogP contribution in [0.25, 0.3) is 11.3 Å². The van der Waals surface area contributed by atoms with E-state index in [0.29, 0.717) is 28.2 Å². The number of anilines is 1. The van der Waals surface area contributed by atoms with E-state index in [1.54, 1.807) is 18.2 Å². The van der Waals surface area contributed by atoms with E-state index in [4.69, 9.17) is 0 Å². The first kappa shape index (κ1) is 23.4. The third-order valence-corrected chi connectivity index (χ3v) is 6.43. The number of hydrogen-bond donors (Lipinski definition) is 2. The third kappa shape index (κ3) is 5.97. The van der Waals surface area contributed by atoms with E-state index in [1.807, 2.05) is 58.5 Å². The normalized spacial score (nSPS) is 10.6. The first-order valence-electron chi connectivity index (χ1n) is 10.4. The number of hydrogen-bond acceptors (Lipinski definition) is 7. The minimum atomic E-state index is -0.194. The number of nitrogens with zero attached hydrogens (tertiary/aromatic N) is 4. The molecule has 0 spiro atoms. The Bertz CT molecular complexity index is 1270. The molecule has 2 amide bonds. The van der Waals surface area contributed by atoms with Crippen LogP contribution in [0.4, 0.5) is 5.13 Å². The number of benzene rings is 2. The molecule has 0 aliphatic carbocycles. The summed E-state index contributed by atoms with van der Waals surface area (Å²) in [6.45, 7) is 4.45. The average Bonchev–Trinajstić information content (AvgIpc) is 3.49. The van der Waals surface area contributed by atoms with Crippen LogP contribution in [0.5, 0.6) is 0 Å². The number of carbonyl (C=O) groups is 2. The van der Waals surface area contributed by atoms with E-state index in [2.05, 4.69) is 32.4 Å². The highest BCUT2D eigenvalue weighted by atomic mass is 32.2. The van der Waals surface area contributed by atoms with Gasteiger partial charge in [-0.1, -0.05) is 66.4 Å². The van der Waals surface area contributed by atoms with Crippen LogP contribution in [0.1, 0.15) is 16.2 Å². The molecule has 34 heavy (non-hydrogen) atoms. The Morgan fingerprint density at radius 1 is 1.06 bits per heavy atom. The van der Waals surface area contributed by atoms with Gasteiger partial charge < -0.3 is 15.2 Å². The monoisotopic (exact) mass is 490 g/mol. The summed E-state index contributed by atoms with van der Waals surface area (Å²) in [4.78, 5) is 29.3. The first-order chi connectivity index (χ1) is 16.6. The third-order valence-electron chi connectivity index (χ3n) is 4.70. The van der Waals surface area contributed by atoms with Crippen molar-refractivity contribution in [2.45, 2.75) is 18.2 Å². The van der Waals surface area contributed by atoms with Gasteiger partial charge >= 0.3 is 0 Å². The Morgan fingerprint density at radius 3 is 2.53 bits per heavy atom. The average molecular weight is 491 g/mol. The molecule has 0 fully saturated rings. The molecule has 10 heteroatoms. The van der Waals surface area contributed by atoms with Crippen LogP contribution >= 0.6 is 23.1 Å². The summed E-state index contributed by atoms with van der Waals surface area (Å²) in [6, 6.07) is 18.8. The maximum atomic E-state index is 12.5. The van der Waals surface area contributed by atoms with Crippen LogP contribution in [-0.2, 0) is 17.9 Å². The fourth-order valence-electron chi connectivity index (χ4n) is 3.08. The molecule has 2 N–H and O–H groups in total. The molecule has 8 nitrogen and oxygen atoms in total. The Labute approximate surface area is 205 Å². The number of thioether (sulfide) groups is 1. The van der Waals surface area contributed by atoms with Gasteiger partial charge in [0.15, 0.2) is 16.1 Å². The Morgan fingerprint density at radius 2 is 1.79 bits per heavy atom. The number of nitrogens with one attached hydrogen (secondary N) is 2. The smallest absolute Gasteiger partial charge is 0.251 e. The van der Waals surface area contributed by atoms with E-state index in [0.717, 1.165) is 11.3 Å². The number of rotatable bonds is 10. The lowest BCUT2D eigenvalue weighted by Crippen LogP contribution is -2.24. The Kier molecular flexibility index (Phi) is 7.84. The summed E-state index contributed by atoms with van der Waals surface area (Å²) in [5.41, 5.74) is 2.39. The first-order valence-corrected chi connectivity index (χ1v) is 12.3. The largest absolute Gasteiger partial charge is 0.345 e. The van der Waals surface area contributed by atoms with Crippen LogP contribution < -0.4 is 10.6 Å². The minimum Gasteiger partial charge on any atom is -0.345 e. The molecule has 2 aromatic carbocycles. The number of allylic oxidation sites excluding steroid dienone is 1. The summed E-state index contributed by atoms with van der Waals surface area (Å²) in [5, 5.41) is 17.1. The molecule has 0 saturated carbocycles. The van der Waals surface area contributed by atoms with Gasteiger partial charge in [0, 0.05) is 23.1 Å². The fraction of sp³-hybridized carbons (Fsp3) is 0.125. The number of amides is 2. The molecule has 0 aliphatic rings. The van der Waals surface area contributed by atoms with Gasteiger partial charge in [0.1, 0.15) is 0 Å². The summed E-state index contributed by atoms with van der Waals surface area (Å²) in [5.74, 6) is 0.345. The number of carbonyl (C=O) groups excluding carboxylic acids is 2. The van der Waals surface area contributed by atoms with Gasteiger partial charge in [-0.15, -0.1) is 28.1 Å². The highest BCUT2D eigenvalue weighted by Gasteiger charge is 2.15. The summed E-state index contributed by atoms with van der Waals surface area (Å²) >= 11 is 2.64. The maximum absolute atomic E-state index is 12.5. The Hall–Kier alpha value is -3.76. The predicted molar refractivity (Wildman–Crippen MR) is 135 cm³/mol. The molecule has 0 bridgehead atoms. The van der Waals surface area contributed by atoms with Gasteiger partial charge in [-0.05, 0) is 12.1 Å². The van der Waals surface area contributed by atoms with E-state index in [1.165, 1.54) is 23.1 Å². The lowest BCUT2D eigenvalue weighted by molar-refractivity contribution is -0.113. The zero-order chi connectivity index (χ0) is 23.8. The van der Waals surface area contributed by atoms with Crippen molar-refractivity contribution < 1.29 is 9.59 Å². The molecule has 0 atom stereocenters. The van der Waals surface area contributed by atoms with E-state index >= 15 is 0 Å². The lowest BCUT2D eigenvalue weighted by atomic mass is 10.2. The van der Waals surface area contributed by atoms with Gasteiger partial charge in [-0.3, -0.25) is 9.59 Å². The van der Waals surface area contributed by atoms with Gasteiger partial charge in [-0.25, -0.2) is 4.98 Å². The second-order valence-corrected chi connectivity index (χ2v) is 8.89. The molecule has 2 heterocycles. The fourth-order valence-corrected chi connectivity index (χ4v) is 4.58. The molecule has 2 aromatic heterocycles. The zero-order valence-corrected chi connectivity index (χ0v) is 19.8. The predicted octanol–water partition coefficient (Wildman–Crippen LogP) is 4.25. The number of thiazole rings is 1. The summed E-state index contributed by atoms with van der Waals surface area (Å²) in [6.07, 6.45) is 1.72. The molecule has 4 aromatic rings. The second kappa shape index (κ2) is 11.4. The van der Waals surface area contributed by atoms with Crippen molar-refractivity contribution in [3.8, 4) is 11.3 Å². The van der Waals surface area contributed by atoms with Gasteiger partial charge in [0.05, 0.1) is 18.0 Å². The minimum absolute atomic E-state index is 0.145. The van der Waals surface area contributed by atoms with E-state index < -0.39 is 0 Å². The quantitative estimate of drug-likeness (QED) is 0.255. The van der Waals surface area contributed by atoms with Crippen molar-refractivity contribution >= 4 is 40.0 Å². The molecule has 0 saturated heterocycles. The maximum Gasteiger partial charge on any atom is 0.251 e. The topological polar surface area (TPSA) is 102 Å². The molecular formula is C24H22N6O2S2. The van der Waals surface area contributed by atoms with Crippen LogP contribution in [-0.4, -0.2) is 37.3 Å². The highest BCUT2D eigenvalue weighted by Crippen LogP contribution is 2.25. The standard InChI is InChI=1S/C24H22N6O2S2/c1-2-13-30-20(14-25-22(32)18-11-7-4-8-12-18)28-29-24(30)34-16-21(31)27-23-26-19(15-33-23)17-9-5-3-6-10-17/h2-12,15H,1,13-14,16H2,(H,25,32)(H,26,27,31). The SMILES string of the molecule is C=CCn1c(CNC(=O)c2ccccc2)nnc1SCC(=O)Nc1nc(-c2ccccc2)cs1. The van der Waals surface area contributed by atoms with Crippen LogP contribution in [0.2, 0.25) is 0 Å². The Balaban J connectivity index is 1.34. The highest BCUT2D eigenvalue weighted by molar-refractivity contribution is 7.99. The lowest BCUT2D eigenvalue weighted by Gasteiger charge is -2.09.